The summed E-state index contributed by atoms with van der Waals surface area (Å²) in [7, 11) is 1.67. The van der Waals surface area contributed by atoms with Gasteiger partial charge < -0.3 is 9.64 Å². The van der Waals surface area contributed by atoms with Gasteiger partial charge >= 0.3 is 0 Å². The number of hydrogen-bond acceptors (Lipinski definition) is 4. The molecule has 5 heteroatoms. The molecule has 0 N–H and O–H groups in total. The monoisotopic (exact) mass is 325 g/mol. The van der Waals surface area contributed by atoms with Crippen LogP contribution in [0.3, 0.4) is 0 Å². The number of amides is 1. The number of nitrogens with zero attached hydrogens (tertiary/aromatic N) is 3. The molecule has 0 saturated carbocycles. The number of carbonyl (C=O) groups excluding carboxylic acids is 1. The van der Waals surface area contributed by atoms with Gasteiger partial charge in [0.1, 0.15) is 5.75 Å². The highest BCUT2D eigenvalue weighted by Gasteiger charge is 2.40. The lowest BCUT2D eigenvalue weighted by atomic mass is 10.0. The molecule has 2 aliphatic rings. The Kier molecular flexibility index (Phi) is 4.84. The summed E-state index contributed by atoms with van der Waals surface area (Å²) in [5.74, 6) is 3.63. The molecule has 2 heterocycles. The summed E-state index contributed by atoms with van der Waals surface area (Å²) < 4.78 is 5.47. The fraction of sp³-hybridized carbons (Fsp3) is 0.526. The molecule has 1 aromatic rings. The Morgan fingerprint density at radius 2 is 2.21 bits per heavy atom. The summed E-state index contributed by atoms with van der Waals surface area (Å²) in [4.78, 5) is 14.7. The number of ether oxygens (including phenoxy) is 1. The van der Waals surface area contributed by atoms with Gasteiger partial charge in [0.25, 0.3) is 0 Å². The minimum atomic E-state index is -0.387. The number of para-hydroxylation sites is 1. The zero-order valence-corrected chi connectivity index (χ0v) is 14.1. The summed E-state index contributed by atoms with van der Waals surface area (Å²) in [6.07, 6.45) is 9.81. The smallest absolute Gasteiger partial charge is 0.223 e. The number of terminal acetylenes is 1. The lowest BCUT2D eigenvalue weighted by molar-refractivity contribution is -0.132. The molecule has 1 aromatic carbocycles. The Labute approximate surface area is 143 Å². The summed E-state index contributed by atoms with van der Waals surface area (Å²) in [5, 5.41) is 8.23. The highest BCUT2D eigenvalue weighted by Crippen LogP contribution is 2.40. The van der Waals surface area contributed by atoms with Crippen molar-refractivity contribution >= 4 is 5.91 Å². The molecule has 0 bridgehead atoms. The molecule has 3 rings (SSSR count). The molecule has 0 spiro atoms. The first-order chi connectivity index (χ1) is 11.7. The normalized spacial score (nSPS) is 20.7. The van der Waals surface area contributed by atoms with Gasteiger partial charge in [-0.25, -0.2) is 0 Å². The van der Waals surface area contributed by atoms with Crippen LogP contribution in [0.1, 0.15) is 50.1 Å². The first-order valence-corrected chi connectivity index (χ1v) is 8.49. The van der Waals surface area contributed by atoms with Crippen LogP contribution in [0, 0.1) is 12.3 Å². The van der Waals surface area contributed by atoms with E-state index in [4.69, 9.17) is 11.2 Å². The van der Waals surface area contributed by atoms with E-state index in [0.717, 1.165) is 37.1 Å². The Balaban J connectivity index is 1.63. The van der Waals surface area contributed by atoms with Crippen molar-refractivity contribution in [1.29, 1.82) is 0 Å². The maximum atomic E-state index is 12.7. The summed E-state index contributed by atoms with van der Waals surface area (Å²) >= 11 is 0. The maximum Gasteiger partial charge on any atom is 0.223 e. The van der Waals surface area contributed by atoms with Crippen molar-refractivity contribution in [2.45, 2.75) is 50.2 Å². The quantitative estimate of drug-likeness (QED) is 0.718. The van der Waals surface area contributed by atoms with Crippen LogP contribution in [0.4, 0.5) is 0 Å². The van der Waals surface area contributed by atoms with E-state index in [0.29, 0.717) is 19.3 Å². The number of benzene rings is 1. The van der Waals surface area contributed by atoms with E-state index in [-0.39, 0.29) is 17.6 Å². The van der Waals surface area contributed by atoms with Crippen molar-refractivity contribution in [2.24, 2.45) is 10.2 Å². The van der Waals surface area contributed by atoms with Crippen LogP contribution in [0.5, 0.6) is 5.75 Å². The fourth-order valence-corrected chi connectivity index (χ4v) is 3.45. The van der Waals surface area contributed by atoms with E-state index in [1.807, 2.05) is 23.1 Å². The number of methoxy groups -OCH3 is 1. The Morgan fingerprint density at radius 1 is 1.42 bits per heavy atom. The van der Waals surface area contributed by atoms with Gasteiger partial charge in [-0.15, -0.1) is 12.3 Å². The average molecular weight is 325 g/mol. The van der Waals surface area contributed by atoms with Gasteiger partial charge in [-0.05, 0) is 18.9 Å². The second kappa shape index (κ2) is 7.04. The van der Waals surface area contributed by atoms with Gasteiger partial charge in [0.15, 0.2) is 5.66 Å². The molecule has 1 unspecified atom stereocenters. The molecule has 126 valence electrons. The molecule has 1 saturated heterocycles. The lowest BCUT2D eigenvalue weighted by Gasteiger charge is -2.26. The molecule has 24 heavy (non-hydrogen) atoms. The highest BCUT2D eigenvalue weighted by atomic mass is 16.5. The van der Waals surface area contributed by atoms with Crippen LogP contribution in [0.25, 0.3) is 0 Å². The van der Waals surface area contributed by atoms with Crippen molar-refractivity contribution in [1.82, 2.24) is 4.90 Å². The summed E-state index contributed by atoms with van der Waals surface area (Å²) in [6, 6.07) is 8.05. The lowest BCUT2D eigenvalue weighted by Crippen LogP contribution is -2.31. The van der Waals surface area contributed by atoms with Crippen LogP contribution in [0.15, 0.2) is 34.5 Å². The first kappa shape index (κ1) is 16.5. The molecule has 0 aromatic heterocycles. The minimum absolute atomic E-state index is 0.100. The molecule has 5 nitrogen and oxygen atoms in total. The molecule has 1 amide bonds. The Hall–Kier alpha value is -2.35. The van der Waals surface area contributed by atoms with E-state index >= 15 is 0 Å². The minimum Gasteiger partial charge on any atom is -0.496 e. The molecular weight excluding hydrogens is 302 g/mol. The fourth-order valence-electron chi connectivity index (χ4n) is 3.45. The van der Waals surface area contributed by atoms with Gasteiger partial charge in [-0.3, -0.25) is 4.79 Å². The van der Waals surface area contributed by atoms with Crippen molar-refractivity contribution in [3.05, 3.63) is 29.8 Å². The Morgan fingerprint density at radius 3 is 2.92 bits per heavy atom. The zero-order chi connectivity index (χ0) is 17.0. The second-order valence-corrected chi connectivity index (χ2v) is 6.37. The standard InChI is InChI=1S/C19H23N3O2/c1-3-4-12-19(20-21-19)13-11-18(23)22-14-7-9-16(22)15-8-5-6-10-17(15)24-2/h1,5-6,8,10,16H,4,7,9,11-14H2,2H3. The molecule has 1 fully saturated rings. The molecule has 1 atom stereocenters. The first-order valence-electron chi connectivity index (χ1n) is 8.49. The zero-order valence-electron chi connectivity index (χ0n) is 14.1. The van der Waals surface area contributed by atoms with Gasteiger partial charge in [0.05, 0.1) is 13.2 Å². The second-order valence-electron chi connectivity index (χ2n) is 6.37. The molecule has 0 radical (unpaired) electrons. The average Bonchev–Trinajstić information content (AvgIpc) is 3.22. The Bertz CT molecular complexity index is 671. The number of rotatable bonds is 7. The van der Waals surface area contributed by atoms with Gasteiger partial charge in [0, 0.05) is 37.8 Å². The predicted octanol–water partition coefficient (Wildman–Crippen LogP) is 3.71. The van der Waals surface area contributed by atoms with E-state index in [1.165, 1.54) is 0 Å². The van der Waals surface area contributed by atoms with Crippen molar-refractivity contribution in [3.63, 3.8) is 0 Å². The van der Waals surface area contributed by atoms with E-state index in [2.05, 4.69) is 22.2 Å². The van der Waals surface area contributed by atoms with Crippen LogP contribution >= 0.6 is 0 Å². The van der Waals surface area contributed by atoms with Crippen molar-refractivity contribution in [3.8, 4) is 18.1 Å². The maximum absolute atomic E-state index is 12.7. The van der Waals surface area contributed by atoms with E-state index < -0.39 is 0 Å². The van der Waals surface area contributed by atoms with Crippen LogP contribution in [-0.4, -0.2) is 30.1 Å². The summed E-state index contributed by atoms with van der Waals surface area (Å²) in [6.45, 7) is 0.799. The predicted molar refractivity (Wildman–Crippen MR) is 91.6 cm³/mol. The molecular formula is C19H23N3O2. The SMILES string of the molecule is C#CCCC1(CCC(=O)N2CCCC2c2ccccc2OC)N=N1. The topological polar surface area (TPSA) is 54.3 Å². The summed E-state index contributed by atoms with van der Waals surface area (Å²) in [5.41, 5.74) is 0.704. The van der Waals surface area contributed by atoms with Crippen molar-refractivity contribution < 1.29 is 9.53 Å². The number of hydrogen-bond donors (Lipinski definition) is 0. The number of likely N-dealkylation sites (tertiary alicyclic amines) is 1. The van der Waals surface area contributed by atoms with Crippen LogP contribution in [0.2, 0.25) is 0 Å². The molecule has 0 aliphatic carbocycles. The largest absolute Gasteiger partial charge is 0.496 e. The number of carbonyl (C=O) groups is 1. The van der Waals surface area contributed by atoms with Crippen LogP contribution in [-0.2, 0) is 4.79 Å². The third-order valence-corrected chi connectivity index (χ3v) is 4.86. The van der Waals surface area contributed by atoms with E-state index in [1.54, 1.807) is 7.11 Å². The highest BCUT2D eigenvalue weighted by molar-refractivity contribution is 5.77. The van der Waals surface area contributed by atoms with Gasteiger partial charge in [-0.1, -0.05) is 18.2 Å². The third-order valence-electron chi connectivity index (χ3n) is 4.86. The van der Waals surface area contributed by atoms with Crippen molar-refractivity contribution in [2.75, 3.05) is 13.7 Å². The van der Waals surface area contributed by atoms with Gasteiger partial charge in [0.2, 0.25) is 5.91 Å². The van der Waals surface area contributed by atoms with Gasteiger partial charge in [-0.2, -0.15) is 10.2 Å². The third kappa shape index (κ3) is 3.43. The van der Waals surface area contributed by atoms with Crippen LogP contribution < -0.4 is 4.74 Å². The van der Waals surface area contributed by atoms with E-state index in [9.17, 15) is 4.79 Å². The molecule has 2 aliphatic heterocycles.